The molecule has 0 aliphatic carbocycles. The number of amides is 2. The summed E-state index contributed by atoms with van der Waals surface area (Å²) in [6, 6.07) is 4.60. The molecule has 3 aliphatic heterocycles. The number of nitrogens with one attached hydrogen (secondary N) is 1. The standard InChI is InChI=1S/C23H23ClN4O8S2/c1-2-7-36-26-17(16-12-37-9-8-34-16)20(29)25-18-21(30)27-19(15(24)11-38-22(18)27)23(31)35-10-13-3-5-14(6-4-13)28(32)33/h3-6,12,18,22H,2,7-11H2,1H3,(H,25,29)/t18?,22-/m1/s1. The molecule has 0 saturated carbocycles. The number of carbonyl (C=O) groups is 3. The number of thioether (sulfide) groups is 2. The van der Waals surface area contributed by atoms with E-state index in [4.69, 9.17) is 25.9 Å². The number of rotatable bonds is 10. The van der Waals surface area contributed by atoms with Crippen molar-refractivity contribution in [3.8, 4) is 0 Å². The number of carbonyl (C=O) groups excluding carboxylic acids is 3. The first-order valence-electron chi connectivity index (χ1n) is 11.5. The van der Waals surface area contributed by atoms with Crippen LogP contribution in [0.15, 0.2) is 51.3 Å². The Morgan fingerprint density at radius 2 is 2.11 bits per heavy atom. The van der Waals surface area contributed by atoms with Crippen LogP contribution in [0.2, 0.25) is 0 Å². The molecule has 1 fully saturated rings. The van der Waals surface area contributed by atoms with E-state index in [0.717, 1.165) is 5.75 Å². The van der Waals surface area contributed by atoms with Gasteiger partial charge in [0.2, 0.25) is 5.71 Å². The van der Waals surface area contributed by atoms with Crippen molar-refractivity contribution >= 4 is 64.3 Å². The van der Waals surface area contributed by atoms with E-state index in [1.54, 1.807) is 5.41 Å². The van der Waals surface area contributed by atoms with Crippen LogP contribution in [0.1, 0.15) is 18.9 Å². The minimum Gasteiger partial charge on any atom is -0.490 e. The third-order valence-electron chi connectivity index (χ3n) is 5.47. The molecule has 4 rings (SSSR count). The lowest BCUT2D eigenvalue weighted by Gasteiger charge is -2.49. The number of nitro groups is 1. The molecule has 1 unspecified atom stereocenters. The lowest BCUT2D eigenvalue weighted by molar-refractivity contribution is -0.384. The van der Waals surface area contributed by atoms with Crippen molar-refractivity contribution in [1.29, 1.82) is 0 Å². The van der Waals surface area contributed by atoms with Crippen molar-refractivity contribution in [3.05, 3.63) is 61.8 Å². The van der Waals surface area contributed by atoms with Gasteiger partial charge in [-0.2, -0.15) is 0 Å². The Morgan fingerprint density at radius 1 is 1.34 bits per heavy atom. The number of nitrogens with zero attached hydrogens (tertiary/aromatic N) is 3. The molecular formula is C23H23ClN4O8S2. The van der Waals surface area contributed by atoms with Crippen LogP contribution in [0, 0.1) is 10.1 Å². The van der Waals surface area contributed by atoms with E-state index in [-0.39, 0.29) is 40.2 Å². The highest BCUT2D eigenvalue weighted by atomic mass is 35.5. The van der Waals surface area contributed by atoms with Crippen LogP contribution in [0.4, 0.5) is 5.69 Å². The Labute approximate surface area is 230 Å². The zero-order valence-electron chi connectivity index (χ0n) is 20.1. The van der Waals surface area contributed by atoms with Crippen LogP contribution in [-0.4, -0.2) is 69.5 Å². The summed E-state index contributed by atoms with van der Waals surface area (Å²) in [7, 11) is 0. The van der Waals surface area contributed by atoms with E-state index in [9.17, 15) is 24.5 Å². The van der Waals surface area contributed by atoms with Gasteiger partial charge in [-0.05, 0) is 24.1 Å². The molecule has 15 heteroatoms. The summed E-state index contributed by atoms with van der Waals surface area (Å²) in [5.41, 5.74) is 0.265. The summed E-state index contributed by atoms with van der Waals surface area (Å²) < 4.78 is 10.9. The van der Waals surface area contributed by atoms with E-state index in [1.165, 1.54) is 52.7 Å². The third-order valence-corrected chi connectivity index (χ3v) is 8.00. The molecule has 202 valence electrons. The summed E-state index contributed by atoms with van der Waals surface area (Å²) in [4.78, 5) is 55.6. The number of hydrogen-bond donors (Lipinski definition) is 1. The quantitative estimate of drug-likeness (QED) is 0.109. The maximum atomic E-state index is 13.1. The highest BCUT2D eigenvalue weighted by Gasteiger charge is 2.54. The summed E-state index contributed by atoms with van der Waals surface area (Å²) in [5, 5.41) is 18.6. The fourth-order valence-electron chi connectivity index (χ4n) is 3.61. The summed E-state index contributed by atoms with van der Waals surface area (Å²) in [6.07, 6.45) is 0.692. The van der Waals surface area contributed by atoms with Crippen molar-refractivity contribution in [1.82, 2.24) is 10.2 Å². The van der Waals surface area contributed by atoms with Gasteiger partial charge in [0.1, 0.15) is 30.3 Å². The maximum absolute atomic E-state index is 13.1. The summed E-state index contributed by atoms with van der Waals surface area (Å²) in [5.74, 6) is -0.762. The molecule has 0 aromatic heterocycles. The second-order valence-corrected chi connectivity index (χ2v) is 10.6. The molecule has 2 amide bonds. The maximum Gasteiger partial charge on any atom is 0.356 e. The minimum atomic E-state index is -0.928. The minimum absolute atomic E-state index is 0.0750. The molecule has 38 heavy (non-hydrogen) atoms. The van der Waals surface area contributed by atoms with Crippen LogP contribution >= 0.6 is 35.1 Å². The number of β-lactam (4-membered cyclic amide) rings is 1. The van der Waals surface area contributed by atoms with Crippen LogP contribution in [-0.2, 0) is 35.3 Å². The first kappa shape index (κ1) is 27.8. The van der Waals surface area contributed by atoms with Crippen molar-refractivity contribution < 1.29 is 33.6 Å². The predicted molar refractivity (Wildman–Crippen MR) is 141 cm³/mol. The Hall–Kier alpha value is -3.23. The van der Waals surface area contributed by atoms with Gasteiger partial charge in [-0.1, -0.05) is 23.7 Å². The van der Waals surface area contributed by atoms with E-state index < -0.39 is 34.1 Å². The van der Waals surface area contributed by atoms with Gasteiger partial charge in [0, 0.05) is 29.0 Å². The smallest absolute Gasteiger partial charge is 0.356 e. The monoisotopic (exact) mass is 582 g/mol. The molecule has 1 aromatic carbocycles. The highest BCUT2D eigenvalue weighted by Crippen LogP contribution is 2.41. The number of non-ortho nitro benzene ring substituents is 1. The molecule has 1 aromatic rings. The summed E-state index contributed by atoms with van der Waals surface area (Å²) >= 11 is 9.05. The number of halogens is 1. The Kier molecular flexibility index (Phi) is 9.17. The van der Waals surface area contributed by atoms with Crippen LogP contribution in [0.3, 0.4) is 0 Å². The molecule has 0 spiro atoms. The van der Waals surface area contributed by atoms with E-state index in [1.807, 2.05) is 6.92 Å². The highest BCUT2D eigenvalue weighted by molar-refractivity contribution is 8.02. The van der Waals surface area contributed by atoms with Crippen molar-refractivity contribution in [2.75, 3.05) is 24.7 Å². The number of ether oxygens (including phenoxy) is 2. The average Bonchev–Trinajstić information content (AvgIpc) is 2.93. The summed E-state index contributed by atoms with van der Waals surface area (Å²) in [6.45, 7) is 2.44. The van der Waals surface area contributed by atoms with Crippen LogP contribution < -0.4 is 5.32 Å². The van der Waals surface area contributed by atoms with E-state index in [2.05, 4.69) is 10.5 Å². The number of fused-ring (bicyclic) bond motifs is 1. The van der Waals surface area contributed by atoms with Gasteiger partial charge >= 0.3 is 5.97 Å². The molecule has 2 atom stereocenters. The van der Waals surface area contributed by atoms with Gasteiger partial charge in [0.05, 0.1) is 16.6 Å². The van der Waals surface area contributed by atoms with Crippen LogP contribution in [0.25, 0.3) is 0 Å². The van der Waals surface area contributed by atoms with Gasteiger partial charge in [-0.25, -0.2) is 4.79 Å². The van der Waals surface area contributed by atoms with Crippen LogP contribution in [0.5, 0.6) is 0 Å². The number of oxime groups is 1. The normalized spacial score (nSPS) is 21.0. The Bertz CT molecular complexity index is 1220. The van der Waals surface area contributed by atoms with E-state index >= 15 is 0 Å². The molecule has 0 bridgehead atoms. The van der Waals surface area contributed by atoms with Gasteiger partial charge in [-0.15, -0.1) is 23.5 Å². The Morgan fingerprint density at radius 3 is 2.76 bits per heavy atom. The second kappa shape index (κ2) is 12.5. The lowest BCUT2D eigenvalue weighted by atomic mass is 10.0. The first-order chi connectivity index (χ1) is 18.3. The SMILES string of the molecule is CCCON=C(C(=O)NC1C(=O)N2C(C(=O)OCc3ccc([N+](=O)[O-])cc3)=C(Cl)CS[C@H]12)C1=CSCCO1. The molecule has 12 nitrogen and oxygen atoms in total. The first-order valence-corrected chi connectivity index (χ1v) is 14.0. The fourth-order valence-corrected chi connectivity index (χ4v) is 5.78. The number of benzene rings is 1. The molecule has 1 saturated heterocycles. The average molecular weight is 583 g/mol. The van der Waals surface area contributed by atoms with E-state index in [0.29, 0.717) is 25.2 Å². The van der Waals surface area contributed by atoms with Gasteiger partial charge < -0.3 is 19.6 Å². The zero-order chi connectivity index (χ0) is 27.2. The number of hydrogen-bond acceptors (Lipinski definition) is 11. The number of nitro benzene ring substituents is 1. The lowest BCUT2D eigenvalue weighted by Crippen LogP contribution is -2.71. The van der Waals surface area contributed by atoms with Gasteiger partial charge in [0.15, 0.2) is 5.76 Å². The molecule has 3 aliphatic rings. The van der Waals surface area contributed by atoms with Crippen molar-refractivity contribution in [2.45, 2.75) is 31.4 Å². The largest absolute Gasteiger partial charge is 0.490 e. The van der Waals surface area contributed by atoms with Gasteiger partial charge in [0.25, 0.3) is 17.5 Å². The number of esters is 1. The second-order valence-electron chi connectivity index (χ2n) is 8.09. The fraction of sp³-hybridized carbons (Fsp3) is 0.391. The van der Waals surface area contributed by atoms with Gasteiger partial charge in [-0.3, -0.25) is 24.6 Å². The molecular weight excluding hydrogens is 560 g/mol. The Balaban J connectivity index is 1.41. The molecule has 0 radical (unpaired) electrons. The van der Waals surface area contributed by atoms with Crippen molar-refractivity contribution in [3.63, 3.8) is 0 Å². The third kappa shape index (κ3) is 6.08. The topological polar surface area (TPSA) is 150 Å². The van der Waals surface area contributed by atoms with Crippen molar-refractivity contribution in [2.24, 2.45) is 5.16 Å². The molecule has 3 heterocycles. The zero-order valence-corrected chi connectivity index (χ0v) is 22.5. The molecule has 1 N–H and O–H groups in total. The predicted octanol–water partition coefficient (Wildman–Crippen LogP) is 2.88.